The molecule has 0 nitrogen and oxygen atoms in total. The van der Waals surface area contributed by atoms with E-state index in [4.69, 9.17) is 12.8 Å². The van der Waals surface area contributed by atoms with Crippen molar-refractivity contribution in [2.45, 2.75) is 78.1 Å². The van der Waals surface area contributed by atoms with E-state index in [1.165, 1.54) is 62.5 Å². The molecule has 1 aromatic rings. The number of unbranched alkanes of at least 4 members (excludes halogenated alkanes) is 6. The summed E-state index contributed by atoms with van der Waals surface area (Å²) in [6.07, 6.45) is 23.8. The van der Waals surface area contributed by atoms with Gasteiger partial charge in [0.2, 0.25) is 0 Å². The van der Waals surface area contributed by atoms with E-state index < -0.39 is 0 Å². The van der Waals surface area contributed by atoms with Gasteiger partial charge >= 0.3 is 0 Å². The first kappa shape index (κ1) is 17.9. The number of terminal acetylenes is 2. The highest BCUT2D eigenvalue weighted by molar-refractivity contribution is 7.13. The Balaban J connectivity index is 2.78. The molecule has 1 aromatic heterocycles. The Morgan fingerprint density at radius 1 is 0.714 bits per heavy atom. The summed E-state index contributed by atoms with van der Waals surface area (Å²) in [6, 6.07) is 0. The molecule has 0 bridgehead atoms. The standard InChI is InChI=1S/C20H28S/c1-5-9-11-13-15-17-18(16-14-12-10-6-2)20(8-4)21-19(17)7-3/h3-4H,5-6,9-16H2,1-2H3. The van der Waals surface area contributed by atoms with Crippen molar-refractivity contribution in [1.29, 1.82) is 0 Å². The van der Waals surface area contributed by atoms with E-state index >= 15 is 0 Å². The maximum absolute atomic E-state index is 5.69. The molecular formula is C20H28S. The summed E-state index contributed by atoms with van der Waals surface area (Å²) in [5.41, 5.74) is 2.76. The highest BCUT2D eigenvalue weighted by Gasteiger charge is 2.15. The van der Waals surface area contributed by atoms with Gasteiger partial charge in [0.1, 0.15) is 0 Å². The van der Waals surface area contributed by atoms with Crippen LogP contribution in [0.15, 0.2) is 0 Å². The van der Waals surface area contributed by atoms with Crippen LogP contribution in [0, 0.1) is 24.7 Å². The van der Waals surface area contributed by atoms with Crippen molar-refractivity contribution in [3.05, 3.63) is 20.9 Å². The Labute approximate surface area is 135 Å². The van der Waals surface area contributed by atoms with Gasteiger partial charge in [0.15, 0.2) is 0 Å². The summed E-state index contributed by atoms with van der Waals surface area (Å²) >= 11 is 1.64. The lowest BCUT2D eigenvalue weighted by Gasteiger charge is -2.06. The molecular weight excluding hydrogens is 272 g/mol. The molecule has 0 aliphatic rings. The van der Waals surface area contributed by atoms with Crippen molar-refractivity contribution < 1.29 is 0 Å². The van der Waals surface area contributed by atoms with Gasteiger partial charge in [-0.25, -0.2) is 0 Å². The highest BCUT2D eigenvalue weighted by atomic mass is 32.1. The van der Waals surface area contributed by atoms with Crippen LogP contribution >= 0.6 is 11.3 Å². The average molecular weight is 301 g/mol. The summed E-state index contributed by atoms with van der Waals surface area (Å²) in [6.45, 7) is 4.49. The number of hydrogen-bond donors (Lipinski definition) is 0. The molecule has 0 amide bonds. The molecule has 0 spiro atoms. The van der Waals surface area contributed by atoms with Crippen LogP contribution in [0.5, 0.6) is 0 Å². The fraction of sp³-hybridized carbons (Fsp3) is 0.600. The van der Waals surface area contributed by atoms with Gasteiger partial charge in [-0.3, -0.25) is 0 Å². The second-order valence-electron chi connectivity index (χ2n) is 5.63. The largest absolute Gasteiger partial charge is 0.117 e. The molecule has 1 rings (SSSR count). The molecule has 0 N–H and O–H groups in total. The van der Waals surface area contributed by atoms with Gasteiger partial charge in [-0.15, -0.1) is 24.2 Å². The Morgan fingerprint density at radius 2 is 1.14 bits per heavy atom. The minimum atomic E-state index is 1.07. The van der Waals surface area contributed by atoms with E-state index in [1.807, 2.05) is 0 Å². The van der Waals surface area contributed by atoms with Gasteiger partial charge in [0, 0.05) is 0 Å². The monoisotopic (exact) mass is 300 g/mol. The zero-order valence-corrected chi connectivity index (χ0v) is 14.5. The van der Waals surface area contributed by atoms with Gasteiger partial charge in [-0.05, 0) is 36.8 Å². The fourth-order valence-electron chi connectivity index (χ4n) is 2.72. The predicted octanol–water partition coefficient (Wildman–Crippen LogP) is 5.96. The minimum absolute atomic E-state index is 1.07. The van der Waals surface area contributed by atoms with Crippen LogP contribution < -0.4 is 0 Å². The lowest BCUT2D eigenvalue weighted by Crippen LogP contribution is -1.95. The number of thiophene rings is 1. The molecule has 0 unspecified atom stereocenters. The first-order chi connectivity index (χ1) is 10.3. The van der Waals surface area contributed by atoms with E-state index in [9.17, 15) is 0 Å². The molecule has 0 fully saturated rings. The lowest BCUT2D eigenvalue weighted by molar-refractivity contribution is 0.651. The summed E-state index contributed by atoms with van der Waals surface area (Å²) in [7, 11) is 0. The third kappa shape index (κ3) is 5.61. The van der Waals surface area contributed by atoms with Gasteiger partial charge in [0.25, 0.3) is 0 Å². The average Bonchev–Trinajstić information content (AvgIpc) is 2.85. The zero-order valence-electron chi connectivity index (χ0n) is 13.6. The molecule has 21 heavy (non-hydrogen) atoms. The van der Waals surface area contributed by atoms with E-state index in [-0.39, 0.29) is 0 Å². The van der Waals surface area contributed by atoms with Crippen molar-refractivity contribution in [3.8, 4) is 24.7 Å². The van der Waals surface area contributed by atoms with Crippen molar-refractivity contribution >= 4 is 11.3 Å². The Hall–Kier alpha value is -1.18. The molecule has 0 saturated carbocycles. The first-order valence-corrected chi connectivity index (χ1v) is 9.17. The van der Waals surface area contributed by atoms with Gasteiger partial charge in [-0.1, -0.05) is 64.2 Å². The maximum Gasteiger partial charge on any atom is 0.0813 e. The van der Waals surface area contributed by atoms with Crippen molar-refractivity contribution in [2.75, 3.05) is 0 Å². The van der Waals surface area contributed by atoms with Crippen LogP contribution in [0.2, 0.25) is 0 Å². The molecule has 0 aliphatic carbocycles. The molecule has 114 valence electrons. The normalized spacial score (nSPS) is 10.3. The first-order valence-electron chi connectivity index (χ1n) is 8.36. The van der Waals surface area contributed by atoms with Crippen LogP contribution in [0.3, 0.4) is 0 Å². The minimum Gasteiger partial charge on any atom is -0.117 e. The highest BCUT2D eigenvalue weighted by Crippen LogP contribution is 2.30. The molecule has 0 aliphatic heterocycles. The van der Waals surface area contributed by atoms with E-state index in [0.717, 1.165) is 22.6 Å². The molecule has 1 heteroatoms. The molecule has 0 aromatic carbocycles. The van der Waals surface area contributed by atoms with Crippen molar-refractivity contribution in [2.24, 2.45) is 0 Å². The maximum atomic E-state index is 5.69. The van der Waals surface area contributed by atoms with E-state index in [2.05, 4.69) is 25.7 Å². The van der Waals surface area contributed by atoms with Gasteiger partial charge in [0.05, 0.1) is 9.75 Å². The molecule has 0 saturated heterocycles. The Bertz CT molecular complexity index is 449. The molecule has 0 atom stereocenters. The molecule has 0 radical (unpaired) electrons. The summed E-state index contributed by atoms with van der Waals surface area (Å²) in [5, 5.41) is 0. The van der Waals surface area contributed by atoms with Crippen LogP contribution in [-0.2, 0) is 12.8 Å². The summed E-state index contributed by atoms with van der Waals surface area (Å²) in [5.74, 6) is 5.71. The summed E-state index contributed by atoms with van der Waals surface area (Å²) < 4.78 is 0. The third-order valence-electron chi connectivity index (χ3n) is 3.94. The number of hydrogen-bond acceptors (Lipinski definition) is 1. The SMILES string of the molecule is C#Cc1sc(C#C)c(CCCCCC)c1CCCCCC. The van der Waals surface area contributed by atoms with Gasteiger partial charge < -0.3 is 0 Å². The van der Waals surface area contributed by atoms with E-state index in [1.54, 1.807) is 11.3 Å². The predicted molar refractivity (Wildman–Crippen MR) is 95.9 cm³/mol. The molecule has 1 heterocycles. The topological polar surface area (TPSA) is 0 Å². The second kappa shape index (κ2) is 10.5. The zero-order chi connectivity index (χ0) is 15.5. The van der Waals surface area contributed by atoms with Crippen LogP contribution in [0.1, 0.15) is 86.1 Å². The second-order valence-corrected chi connectivity index (χ2v) is 6.65. The summed E-state index contributed by atoms with van der Waals surface area (Å²) in [4.78, 5) is 2.15. The van der Waals surface area contributed by atoms with Crippen LogP contribution in [-0.4, -0.2) is 0 Å². The third-order valence-corrected chi connectivity index (χ3v) is 5.08. The van der Waals surface area contributed by atoms with Crippen molar-refractivity contribution in [3.63, 3.8) is 0 Å². The Kier molecular flexibility index (Phi) is 8.96. The van der Waals surface area contributed by atoms with Gasteiger partial charge in [-0.2, -0.15) is 0 Å². The number of rotatable bonds is 10. The Morgan fingerprint density at radius 3 is 1.48 bits per heavy atom. The van der Waals surface area contributed by atoms with Crippen LogP contribution in [0.25, 0.3) is 0 Å². The smallest absolute Gasteiger partial charge is 0.0813 e. The fourth-order valence-corrected chi connectivity index (χ4v) is 3.74. The lowest BCUT2D eigenvalue weighted by atomic mass is 9.97. The van der Waals surface area contributed by atoms with Crippen molar-refractivity contribution in [1.82, 2.24) is 0 Å². The van der Waals surface area contributed by atoms with Crippen LogP contribution in [0.4, 0.5) is 0 Å². The quantitative estimate of drug-likeness (QED) is 0.369. The van der Waals surface area contributed by atoms with E-state index in [0.29, 0.717) is 0 Å².